The number of rotatable bonds is 2. The molecule has 0 saturated carbocycles. The predicted molar refractivity (Wildman–Crippen MR) is 59.5 cm³/mol. The molecule has 0 saturated heterocycles. The number of hydrogen-bond donors (Lipinski definition) is 1. The fourth-order valence-electron chi connectivity index (χ4n) is 1.19. The second-order valence-corrected chi connectivity index (χ2v) is 4.88. The normalized spacial score (nSPS) is 11.8. The van der Waals surface area contributed by atoms with Crippen molar-refractivity contribution in [2.45, 2.75) is 6.18 Å². The zero-order valence-corrected chi connectivity index (χ0v) is 10.7. The summed E-state index contributed by atoms with van der Waals surface area (Å²) in [5.74, 6) is -1.60. The van der Waals surface area contributed by atoms with E-state index >= 15 is 0 Å². The molecule has 1 N–H and O–H groups in total. The average Bonchev–Trinajstić information content (AvgIpc) is 2.81. The van der Waals surface area contributed by atoms with Crippen molar-refractivity contribution in [1.29, 1.82) is 0 Å². The number of halogens is 4. The van der Waals surface area contributed by atoms with Gasteiger partial charge in [-0.1, -0.05) is 0 Å². The Hall–Kier alpha value is -1.35. The third-order valence-electron chi connectivity index (χ3n) is 1.87. The molecule has 2 rings (SSSR count). The molecule has 4 nitrogen and oxygen atoms in total. The summed E-state index contributed by atoms with van der Waals surface area (Å²) < 4.78 is 43.1. The van der Waals surface area contributed by atoms with Crippen molar-refractivity contribution < 1.29 is 27.5 Å². The van der Waals surface area contributed by atoms with Gasteiger partial charge in [-0.25, -0.2) is 9.78 Å². The molecular weight excluding hydrogens is 339 g/mol. The summed E-state index contributed by atoms with van der Waals surface area (Å²) in [5.41, 5.74) is -1.41. The van der Waals surface area contributed by atoms with Gasteiger partial charge in [0.1, 0.15) is 4.88 Å². The summed E-state index contributed by atoms with van der Waals surface area (Å²) >= 11 is 3.41. The number of carboxylic acids is 1. The first-order valence-electron chi connectivity index (χ1n) is 4.36. The number of carboxylic acid groups (broad SMARTS) is 1. The Morgan fingerprint density at radius 2 is 2.11 bits per heavy atom. The lowest BCUT2D eigenvalue weighted by molar-refractivity contribution is -0.141. The van der Waals surface area contributed by atoms with Crippen LogP contribution in [0, 0.1) is 0 Å². The standard InChI is InChI=1S/C9H3BrF3NO3S/c10-4-2-1-3(17-4)7-14-6(9(11,12)13)5(18-7)8(15)16/h1-2H,(H,15,16). The number of furan rings is 1. The highest BCUT2D eigenvalue weighted by Gasteiger charge is 2.40. The van der Waals surface area contributed by atoms with Gasteiger partial charge in [0.05, 0.1) is 0 Å². The molecule has 96 valence electrons. The van der Waals surface area contributed by atoms with Gasteiger partial charge in [-0.3, -0.25) is 0 Å². The molecule has 0 aliphatic heterocycles. The van der Waals surface area contributed by atoms with E-state index in [1.165, 1.54) is 12.1 Å². The Balaban J connectivity index is 2.56. The summed E-state index contributed by atoms with van der Waals surface area (Å²) in [4.78, 5) is 13.2. The van der Waals surface area contributed by atoms with Crippen LogP contribution in [0.4, 0.5) is 13.2 Å². The fraction of sp³-hybridized carbons (Fsp3) is 0.111. The molecule has 2 heterocycles. The average molecular weight is 342 g/mol. The van der Waals surface area contributed by atoms with Gasteiger partial charge in [-0.2, -0.15) is 13.2 Å². The third kappa shape index (κ3) is 2.41. The minimum absolute atomic E-state index is 0.0740. The lowest BCUT2D eigenvalue weighted by atomic mass is 10.3. The Morgan fingerprint density at radius 3 is 2.50 bits per heavy atom. The molecule has 9 heteroatoms. The van der Waals surface area contributed by atoms with E-state index in [4.69, 9.17) is 9.52 Å². The molecule has 2 aromatic rings. The minimum Gasteiger partial charge on any atom is -0.477 e. The maximum absolute atomic E-state index is 12.6. The maximum Gasteiger partial charge on any atom is 0.435 e. The summed E-state index contributed by atoms with van der Waals surface area (Å²) in [6.45, 7) is 0. The van der Waals surface area contributed by atoms with Crippen LogP contribution in [0.15, 0.2) is 21.2 Å². The lowest BCUT2D eigenvalue weighted by Gasteiger charge is -2.02. The highest BCUT2D eigenvalue weighted by atomic mass is 79.9. The van der Waals surface area contributed by atoms with Crippen LogP contribution in [0.2, 0.25) is 0 Å². The van der Waals surface area contributed by atoms with Crippen LogP contribution in [0.25, 0.3) is 10.8 Å². The Kier molecular flexibility index (Phi) is 3.20. The van der Waals surface area contributed by atoms with Crippen LogP contribution in [-0.4, -0.2) is 16.1 Å². The molecule has 0 bridgehead atoms. The largest absolute Gasteiger partial charge is 0.477 e. The van der Waals surface area contributed by atoms with Crippen molar-refractivity contribution in [3.63, 3.8) is 0 Å². The van der Waals surface area contributed by atoms with Gasteiger partial charge in [0, 0.05) is 0 Å². The summed E-state index contributed by atoms with van der Waals surface area (Å²) in [7, 11) is 0. The van der Waals surface area contributed by atoms with Crippen LogP contribution in [0.5, 0.6) is 0 Å². The van der Waals surface area contributed by atoms with Crippen LogP contribution in [-0.2, 0) is 6.18 Å². The van der Waals surface area contributed by atoms with Gasteiger partial charge in [0.25, 0.3) is 0 Å². The van der Waals surface area contributed by atoms with Gasteiger partial charge in [0.15, 0.2) is 21.1 Å². The molecule has 0 aromatic carbocycles. The Labute approximate surface area is 110 Å². The monoisotopic (exact) mass is 341 g/mol. The van der Waals surface area contributed by atoms with Gasteiger partial charge < -0.3 is 9.52 Å². The SMILES string of the molecule is O=C(O)c1sc(-c2ccc(Br)o2)nc1C(F)(F)F. The topological polar surface area (TPSA) is 63.3 Å². The highest BCUT2D eigenvalue weighted by molar-refractivity contribution is 9.10. The Bertz CT molecular complexity index is 604. The van der Waals surface area contributed by atoms with Gasteiger partial charge >= 0.3 is 12.1 Å². The number of aromatic nitrogens is 1. The van der Waals surface area contributed by atoms with Crippen LogP contribution in [0.1, 0.15) is 15.4 Å². The van der Waals surface area contributed by atoms with Crippen molar-refractivity contribution in [2.75, 3.05) is 0 Å². The van der Waals surface area contributed by atoms with E-state index in [0.29, 0.717) is 16.0 Å². The van der Waals surface area contributed by atoms with Crippen molar-refractivity contribution in [2.24, 2.45) is 0 Å². The number of nitrogens with zero attached hydrogens (tertiary/aromatic N) is 1. The molecule has 0 fully saturated rings. The minimum atomic E-state index is -4.81. The first-order valence-corrected chi connectivity index (χ1v) is 5.97. The number of hydrogen-bond acceptors (Lipinski definition) is 4. The van der Waals surface area contributed by atoms with Crippen molar-refractivity contribution in [3.8, 4) is 10.8 Å². The third-order valence-corrected chi connectivity index (χ3v) is 3.36. The number of carbonyl (C=O) groups is 1. The van der Waals surface area contributed by atoms with Crippen molar-refractivity contribution in [1.82, 2.24) is 4.98 Å². The molecule has 0 radical (unpaired) electrons. The van der Waals surface area contributed by atoms with E-state index in [2.05, 4.69) is 20.9 Å². The quantitative estimate of drug-likeness (QED) is 0.900. The molecule has 0 unspecified atom stereocenters. The molecule has 2 aromatic heterocycles. The first kappa shape index (κ1) is 13.1. The molecule has 0 spiro atoms. The molecule has 18 heavy (non-hydrogen) atoms. The maximum atomic E-state index is 12.6. The van der Waals surface area contributed by atoms with E-state index in [-0.39, 0.29) is 10.8 Å². The van der Waals surface area contributed by atoms with Crippen LogP contribution < -0.4 is 0 Å². The zero-order chi connectivity index (χ0) is 13.5. The van der Waals surface area contributed by atoms with Crippen LogP contribution in [0.3, 0.4) is 0 Å². The number of thiazole rings is 1. The number of aromatic carboxylic acids is 1. The zero-order valence-electron chi connectivity index (χ0n) is 8.29. The van der Waals surface area contributed by atoms with Gasteiger partial charge in [-0.05, 0) is 28.1 Å². The van der Waals surface area contributed by atoms with E-state index in [9.17, 15) is 18.0 Å². The smallest absolute Gasteiger partial charge is 0.435 e. The fourth-order valence-corrected chi connectivity index (χ4v) is 2.38. The molecular formula is C9H3BrF3NO3S. The summed E-state index contributed by atoms with van der Waals surface area (Å²) in [5, 5.41) is 8.59. The molecule has 0 aliphatic rings. The van der Waals surface area contributed by atoms with E-state index in [1.54, 1.807) is 0 Å². The molecule has 0 atom stereocenters. The van der Waals surface area contributed by atoms with Crippen molar-refractivity contribution in [3.05, 3.63) is 27.4 Å². The van der Waals surface area contributed by atoms with E-state index in [1.807, 2.05) is 0 Å². The van der Waals surface area contributed by atoms with E-state index < -0.39 is 22.7 Å². The second-order valence-electron chi connectivity index (χ2n) is 3.10. The summed E-state index contributed by atoms with van der Waals surface area (Å²) in [6.07, 6.45) is -4.81. The first-order chi connectivity index (χ1) is 8.29. The van der Waals surface area contributed by atoms with Crippen molar-refractivity contribution >= 4 is 33.2 Å². The second kappa shape index (κ2) is 4.39. The molecule has 0 aliphatic carbocycles. The Morgan fingerprint density at radius 1 is 1.44 bits per heavy atom. The van der Waals surface area contributed by atoms with Gasteiger partial charge in [-0.15, -0.1) is 11.3 Å². The lowest BCUT2D eigenvalue weighted by Crippen LogP contribution is -2.11. The molecule has 0 amide bonds. The predicted octanol–water partition coefficient (Wildman–Crippen LogP) is 3.88. The highest BCUT2D eigenvalue weighted by Crippen LogP contribution is 2.38. The number of alkyl halides is 3. The summed E-state index contributed by atoms with van der Waals surface area (Å²) in [6, 6.07) is 2.87. The van der Waals surface area contributed by atoms with Crippen LogP contribution >= 0.6 is 27.3 Å². The van der Waals surface area contributed by atoms with Gasteiger partial charge in [0.2, 0.25) is 0 Å². The van der Waals surface area contributed by atoms with E-state index in [0.717, 1.165) is 0 Å².